The standard InChI is InChI=1S/C18H24N2O7/c1-4-25-14-8-7-13(10-15(14)26-5-2)19-18(24)20-16(22)11-27-17(23)9-6-12(3)21/h7-8,10H,4-6,9,11H2,1-3H3,(H2,19,20,22,24). The molecule has 0 saturated heterocycles. The Labute approximate surface area is 157 Å². The smallest absolute Gasteiger partial charge is 0.325 e. The van der Waals surface area contributed by atoms with Crippen molar-refractivity contribution in [1.29, 1.82) is 0 Å². The molecule has 0 bridgehead atoms. The second kappa shape index (κ2) is 11.5. The largest absolute Gasteiger partial charge is 0.490 e. The van der Waals surface area contributed by atoms with Gasteiger partial charge in [0.2, 0.25) is 0 Å². The minimum Gasteiger partial charge on any atom is -0.490 e. The zero-order valence-corrected chi connectivity index (χ0v) is 15.6. The molecule has 1 rings (SSSR count). The number of amides is 3. The van der Waals surface area contributed by atoms with E-state index in [4.69, 9.17) is 9.47 Å². The van der Waals surface area contributed by atoms with Crippen molar-refractivity contribution in [3.8, 4) is 11.5 Å². The molecule has 9 heteroatoms. The highest BCUT2D eigenvalue weighted by Crippen LogP contribution is 2.30. The molecule has 1 aromatic rings. The quantitative estimate of drug-likeness (QED) is 0.596. The monoisotopic (exact) mass is 380 g/mol. The van der Waals surface area contributed by atoms with Gasteiger partial charge in [-0.15, -0.1) is 0 Å². The first-order valence-corrected chi connectivity index (χ1v) is 8.51. The van der Waals surface area contributed by atoms with Crippen molar-refractivity contribution >= 4 is 29.4 Å². The van der Waals surface area contributed by atoms with Crippen LogP contribution in [0.1, 0.15) is 33.6 Å². The summed E-state index contributed by atoms with van der Waals surface area (Å²) in [4.78, 5) is 45.6. The van der Waals surface area contributed by atoms with E-state index in [0.717, 1.165) is 0 Å². The van der Waals surface area contributed by atoms with Crippen LogP contribution >= 0.6 is 0 Å². The molecule has 0 aliphatic carbocycles. The summed E-state index contributed by atoms with van der Waals surface area (Å²) in [5.41, 5.74) is 0.394. The first-order valence-electron chi connectivity index (χ1n) is 8.51. The molecule has 0 radical (unpaired) electrons. The summed E-state index contributed by atoms with van der Waals surface area (Å²) >= 11 is 0. The molecule has 0 fully saturated rings. The van der Waals surface area contributed by atoms with Crippen LogP contribution < -0.4 is 20.1 Å². The number of ether oxygens (including phenoxy) is 3. The van der Waals surface area contributed by atoms with E-state index in [2.05, 4.69) is 10.1 Å². The number of carbonyl (C=O) groups is 4. The summed E-state index contributed by atoms with van der Waals surface area (Å²) < 4.78 is 15.6. The van der Waals surface area contributed by atoms with E-state index in [1.807, 2.05) is 19.2 Å². The molecule has 0 spiro atoms. The second-order valence-electron chi connectivity index (χ2n) is 5.39. The number of imide groups is 1. The van der Waals surface area contributed by atoms with Crippen molar-refractivity contribution < 1.29 is 33.4 Å². The molecule has 3 amide bonds. The first kappa shape index (κ1) is 21.9. The summed E-state index contributed by atoms with van der Waals surface area (Å²) in [7, 11) is 0. The molecule has 2 N–H and O–H groups in total. The van der Waals surface area contributed by atoms with Gasteiger partial charge in [0.05, 0.1) is 19.6 Å². The fraction of sp³-hybridized carbons (Fsp3) is 0.444. The Hall–Kier alpha value is -3.10. The van der Waals surface area contributed by atoms with Gasteiger partial charge in [-0.1, -0.05) is 0 Å². The van der Waals surface area contributed by atoms with Gasteiger partial charge in [0.25, 0.3) is 5.91 Å². The van der Waals surface area contributed by atoms with Crippen LogP contribution in [0.3, 0.4) is 0 Å². The molecule has 0 aliphatic rings. The van der Waals surface area contributed by atoms with Gasteiger partial charge in [-0.05, 0) is 32.9 Å². The van der Waals surface area contributed by atoms with Crippen LogP contribution in [-0.4, -0.2) is 43.5 Å². The van der Waals surface area contributed by atoms with E-state index < -0.39 is 24.5 Å². The number of hydrogen-bond acceptors (Lipinski definition) is 7. The lowest BCUT2D eigenvalue weighted by molar-refractivity contribution is -0.148. The van der Waals surface area contributed by atoms with Crippen molar-refractivity contribution in [2.24, 2.45) is 0 Å². The Kier molecular flexibility index (Phi) is 9.35. The summed E-state index contributed by atoms with van der Waals surface area (Å²) in [6.45, 7) is 5.28. The molecule has 148 valence electrons. The van der Waals surface area contributed by atoms with Gasteiger partial charge in [0.15, 0.2) is 18.1 Å². The maximum atomic E-state index is 11.9. The molecular weight excluding hydrogens is 356 g/mol. The van der Waals surface area contributed by atoms with E-state index in [-0.39, 0.29) is 18.6 Å². The van der Waals surface area contributed by atoms with Crippen LogP contribution in [0.5, 0.6) is 11.5 Å². The third-order valence-electron chi connectivity index (χ3n) is 3.10. The van der Waals surface area contributed by atoms with Gasteiger partial charge >= 0.3 is 12.0 Å². The topological polar surface area (TPSA) is 120 Å². The van der Waals surface area contributed by atoms with Crippen LogP contribution in [0, 0.1) is 0 Å². The normalized spacial score (nSPS) is 9.89. The molecule has 9 nitrogen and oxygen atoms in total. The number of ketones is 1. The highest BCUT2D eigenvalue weighted by molar-refractivity contribution is 6.02. The fourth-order valence-corrected chi connectivity index (χ4v) is 1.95. The van der Waals surface area contributed by atoms with Crippen LogP contribution in [0.15, 0.2) is 18.2 Å². The second-order valence-corrected chi connectivity index (χ2v) is 5.39. The summed E-state index contributed by atoms with van der Waals surface area (Å²) in [5, 5.41) is 4.51. The lowest BCUT2D eigenvalue weighted by Crippen LogP contribution is -2.37. The van der Waals surface area contributed by atoms with Gasteiger partial charge in [-0.2, -0.15) is 0 Å². The summed E-state index contributed by atoms with van der Waals surface area (Å²) in [6, 6.07) is 4.02. The van der Waals surface area contributed by atoms with Gasteiger partial charge in [0, 0.05) is 18.2 Å². The zero-order chi connectivity index (χ0) is 20.2. The number of esters is 1. The molecule has 0 saturated carbocycles. The predicted molar refractivity (Wildman–Crippen MR) is 96.8 cm³/mol. The van der Waals surface area contributed by atoms with Gasteiger partial charge in [-0.25, -0.2) is 4.79 Å². The van der Waals surface area contributed by atoms with E-state index >= 15 is 0 Å². The molecule has 0 aromatic heterocycles. The third-order valence-corrected chi connectivity index (χ3v) is 3.10. The SMILES string of the molecule is CCOc1ccc(NC(=O)NC(=O)COC(=O)CCC(C)=O)cc1OCC. The van der Waals surface area contributed by atoms with E-state index in [1.54, 1.807) is 18.2 Å². The van der Waals surface area contributed by atoms with Crippen LogP contribution in [0.2, 0.25) is 0 Å². The van der Waals surface area contributed by atoms with E-state index in [1.165, 1.54) is 6.92 Å². The van der Waals surface area contributed by atoms with Gasteiger partial charge in [0.1, 0.15) is 5.78 Å². The van der Waals surface area contributed by atoms with Crippen molar-refractivity contribution in [2.45, 2.75) is 33.6 Å². The molecule has 1 aromatic carbocycles. The van der Waals surface area contributed by atoms with Crippen molar-refractivity contribution in [3.05, 3.63) is 18.2 Å². The molecular formula is C18H24N2O7. The Morgan fingerprint density at radius 3 is 2.26 bits per heavy atom. The maximum absolute atomic E-state index is 11.9. The Balaban J connectivity index is 2.51. The molecule has 27 heavy (non-hydrogen) atoms. The zero-order valence-electron chi connectivity index (χ0n) is 15.6. The Morgan fingerprint density at radius 1 is 0.963 bits per heavy atom. The molecule has 0 heterocycles. The van der Waals surface area contributed by atoms with E-state index in [0.29, 0.717) is 30.4 Å². The van der Waals surface area contributed by atoms with E-state index in [9.17, 15) is 19.2 Å². The molecule has 0 aliphatic heterocycles. The average molecular weight is 380 g/mol. The molecule has 0 atom stereocenters. The minimum atomic E-state index is -0.792. The highest BCUT2D eigenvalue weighted by Gasteiger charge is 2.13. The number of carbonyl (C=O) groups excluding carboxylic acids is 4. The van der Waals surface area contributed by atoms with Gasteiger partial charge < -0.3 is 24.3 Å². The lowest BCUT2D eigenvalue weighted by atomic mass is 10.2. The number of benzene rings is 1. The number of nitrogens with one attached hydrogen (secondary N) is 2. The highest BCUT2D eigenvalue weighted by atomic mass is 16.5. The summed E-state index contributed by atoms with van der Waals surface area (Å²) in [6.07, 6.45) is -0.0674. The van der Waals surface area contributed by atoms with Crippen LogP contribution in [0.4, 0.5) is 10.5 Å². The Bertz CT molecular complexity index is 688. The van der Waals surface area contributed by atoms with Crippen LogP contribution in [0.25, 0.3) is 0 Å². The lowest BCUT2D eigenvalue weighted by Gasteiger charge is -2.13. The first-order chi connectivity index (χ1) is 12.8. The van der Waals surface area contributed by atoms with Crippen LogP contribution in [-0.2, 0) is 19.1 Å². The maximum Gasteiger partial charge on any atom is 0.325 e. The summed E-state index contributed by atoms with van der Waals surface area (Å²) in [5.74, 6) is -0.632. The third kappa shape index (κ3) is 8.70. The van der Waals surface area contributed by atoms with Crippen molar-refractivity contribution in [1.82, 2.24) is 5.32 Å². The number of rotatable bonds is 10. The van der Waals surface area contributed by atoms with Crippen molar-refractivity contribution in [3.63, 3.8) is 0 Å². The number of anilines is 1. The van der Waals surface area contributed by atoms with Crippen molar-refractivity contribution in [2.75, 3.05) is 25.1 Å². The molecule has 0 unspecified atom stereocenters. The number of hydrogen-bond donors (Lipinski definition) is 2. The van der Waals surface area contributed by atoms with Gasteiger partial charge in [-0.3, -0.25) is 14.9 Å². The number of urea groups is 1. The Morgan fingerprint density at radius 2 is 1.63 bits per heavy atom. The average Bonchev–Trinajstić information content (AvgIpc) is 2.60. The fourth-order valence-electron chi connectivity index (χ4n) is 1.95. The number of Topliss-reactive ketones (excluding diaryl/α,β-unsaturated/α-hetero) is 1. The minimum absolute atomic E-state index is 0.0425. The predicted octanol–water partition coefficient (Wildman–Crippen LogP) is 2.04.